The molecule has 2 saturated heterocycles. The van der Waals surface area contributed by atoms with E-state index in [0.717, 1.165) is 18.5 Å². The Balaban J connectivity index is 0.00000182. The Morgan fingerprint density at radius 2 is 1.74 bits per heavy atom. The number of nitrogens with one attached hydrogen (secondary N) is 1. The van der Waals surface area contributed by atoms with Gasteiger partial charge in [0, 0.05) is 38.4 Å². The number of piperazine rings is 1. The highest BCUT2D eigenvalue weighted by molar-refractivity contribution is 5.92. The number of amides is 2. The lowest BCUT2D eigenvalue weighted by molar-refractivity contribution is -0.144. The summed E-state index contributed by atoms with van der Waals surface area (Å²) >= 11 is 0. The second-order valence-electron chi connectivity index (χ2n) is 6.58. The number of hydrogen-bond donors (Lipinski definition) is 2. The van der Waals surface area contributed by atoms with E-state index in [1.165, 1.54) is 0 Å². The van der Waals surface area contributed by atoms with Gasteiger partial charge in [-0.05, 0) is 25.0 Å². The summed E-state index contributed by atoms with van der Waals surface area (Å²) in [6.07, 6.45) is 1.27. The van der Waals surface area contributed by atoms with Gasteiger partial charge in [-0.3, -0.25) is 14.5 Å². The molecule has 0 radical (unpaired) electrons. The van der Waals surface area contributed by atoms with Crippen molar-refractivity contribution in [1.82, 2.24) is 9.80 Å². The Morgan fingerprint density at radius 1 is 1.07 bits per heavy atom. The summed E-state index contributed by atoms with van der Waals surface area (Å²) in [5, 5.41) is 2.89. The van der Waals surface area contributed by atoms with Gasteiger partial charge in [0.2, 0.25) is 5.91 Å². The quantitative estimate of drug-likeness (QED) is 0.747. The Morgan fingerprint density at radius 3 is 2.33 bits per heavy atom. The van der Waals surface area contributed by atoms with E-state index in [2.05, 4.69) is 10.2 Å². The third-order valence-corrected chi connectivity index (χ3v) is 4.75. The van der Waals surface area contributed by atoms with E-state index in [0.29, 0.717) is 39.3 Å². The molecule has 0 unspecified atom stereocenters. The van der Waals surface area contributed by atoms with Crippen molar-refractivity contribution in [2.75, 3.05) is 44.6 Å². The lowest BCUT2D eigenvalue weighted by Gasteiger charge is -2.35. The third kappa shape index (κ3) is 6.62. The van der Waals surface area contributed by atoms with Gasteiger partial charge in [-0.15, -0.1) is 24.8 Å². The minimum Gasteiger partial charge on any atom is -0.364 e. The molecule has 0 saturated carbocycles. The van der Waals surface area contributed by atoms with E-state index < -0.39 is 0 Å². The maximum atomic E-state index is 12.5. The molecule has 7 nitrogen and oxygen atoms in total. The first-order valence-electron chi connectivity index (χ1n) is 8.87. The lowest BCUT2D eigenvalue weighted by Crippen LogP contribution is -2.52. The fourth-order valence-corrected chi connectivity index (χ4v) is 3.32. The maximum Gasteiger partial charge on any atom is 0.251 e. The Kier molecular flexibility index (Phi) is 10.0. The number of para-hydroxylation sites is 1. The molecular formula is C18H28Cl2N4O3. The smallest absolute Gasteiger partial charge is 0.251 e. The predicted octanol–water partition coefficient (Wildman–Crippen LogP) is 1.12. The van der Waals surface area contributed by atoms with Gasteiger partial charge in [0.05, 0.1) is 12.6 Å². The number of halogens is 2. The Labute approximate surface area is 172 Å². The number of carbonyl (C=O) groups excluding carboxylic acids is 2. The first kappa shape index (κ1) is 23.7. The molecule has 0 bridgehead atoms. The zero-order valence-corrected chi connectivity index (χ0v) is 16.8. The van der Waals surface area contributed by atoms with Crippen LogP contribution in [0.1, 0.15) is 12.8 Å². The molecule has 3 N–H and O–H groups in total. The number of benzene rings is 1. The zero-order chi connectivity index (χ0) is 17.6. The number of nitrogens with two attached hydrogens (primary N) is 1. The molecule has 1 aromatic rings. The maximum absolute atomic E-state index is 12.5. The number of ether oxygens (including phenoxy) is 1. The number of hydrogen-bond acceptors (Lipinski definition) is 5. The fourth-order valence-electron chi connectivity index (χ4n) is 3.32. The van der Waals surface area contributed by atoms with Gasteiger partial charge in [0.1, 0.15) is 6.10 Å². The highest BCUT2D eigenvalue weighted by Crippen LogP contribution is 2.21. The van der Waals surface area contributed by atoms with Crippen LogP contribution in [0.2, 0.25) is 0 Å². The minimum atomic E-state index is -0.346. The summed E-state index contributed by atoms with van der Waals surface area (Å²) in [6, 6.07) is 9.42. The van der Waals surface area contributed by atoms with Gasteiger partial charge in [-0.2, -0.15) is 0 Å². The molecule has 152 valence electrons. The van der Waals surface area contributed by atoms with Crippen molar-refractivity contribution in [3.8, 4) is 0 Å². The van der Waals surface area contributed by atoms with Crippen LogP contribution in [0.15, 0.2) is 30.3 Å². The van der Waals surface area contributed by atoms with Crippen molar-refractivity contribution < 1.29 is 14.3 Å². The molecule has 0 aliphatic carbocycles. The van der Waals surface area contributed by atoms with Crippen molar-refractivity contribution in [2.24, 2.45) is 5.73 Å². The van der Waals surface area contributed by atoms with Crippen LogP contribution in [0.4, 0.5) is 5.69 Å². The van der Waals surface area contributed by atoms with Gasteiger partial charge in [0.25, 0.3) is 5.91 Å². The fraction of sp³-hybridized carbons (Fsp3) is 0.556. The van der Waals surface area contributed by atoms with Crippen molar-refractivity contribution in [3.05, 3.63) is 30.3 Å². The van der Waals surface area contributed by atoms with Crippen LogP contribution < -0.4 is 11.1 Å². The largest absolute Gasteiger partial charge is 0.364 e. The average Bonchev–Trinajstić information content (AvgIpc) is 3.12. The molecule has 27 heavy (non-hydrogen) atoms. The first-order valence-corrected chi connectivity index (χ1v) is 8.87. The summed E-state index contributed by atoms with van der Waals surface area (Å²) in [4.78, 5) is 28.5. The monoisotopic (exact) mass is 418 g/mol. The Hall–Kier alpha value is -1.38. The number of carbonyl (C=O) groups is 2. The second-order valence-corrected chi connectivity index (χ2v) is 6.58. The third-order valence-electron chi connectivity index (χ3n) is 4.75. The van der Waals surface area contributed by atoms with Gasteiger partial charge in [0.15, 0.2) is 0 Å². The molecule has 2 heterocycles. The summed E-state index contributed by atoms with van der Waals surface area (Å²) in [5.41, 5.74) is 6.40. The molecule has 0 spiro atoms. The van der Waals surface area contributed by atoms with E-state index in [1.807, 2.05) is 35.2 Å². The van der Waals surface area contributed by atoms with Gasteiger partial charge >= 0.3 is 0 Å². The van der Waals surface area contributed by atoms with Crippen LogP contribution in [-0.2, 0) is 14.3 Å². The number of nitrogens with zero attached hydrogens (tertiary/aromatic N) is 2. The molecule has 9 heteroatoms. The molecule has 2 fully saturated rings. The van der Waals surface area contributed by atoms with Gasteiger partial charge < -0.3 is 20.7 Å². The SMILES string of the molecule is Cl.Cl.NC[C@H]1CC[C@@H](C(=O)N2CCN(CC(=O)Nc3ccccc3)CC2)O1. The highest BCUT2D eigenvalue weighted by atomic mass is 35.5. The molecule has 3 rings (SSSR count). The normalized spacial score (nSPS) is 22.5. The predicted molar refractivity (Wildman–Crippen MR) is 110 cm³/mol. The standard InChI is InChI=1S/C18H26N4O3.2ClH/c19-12-15-6-7-16(25-15)18(24)22-10-8-21(9-11-22)13-17(23)20-14-4-2-1-3-5-14;;/h1-5,15-16H,6-13,19H2,(H,20,23);2*1H/t15-,16+;;/m1../s1. The number of anilines is 1. The molecular weight excluding hydrogens is 391 g/mol. The number of rotatable bonds is 5. The molecule has 2 aliphatic heterocycles. The van der Waals surface area contributed by atoms with Crippen LogP contribution in [0, 0.1) is 0 Å². The van der Waals surface area contributed by atoms with E-state index in [4.69, 9.17) is 10.5 Å². The first-order chi connectivity index (χ1) is 12.2. The Bertz CT molecular complexity index is 598. The minimum absolute atomic E-state index is 0. The molecule has 2 aliphatic rings. The van der Waals surface area contributed by atoms with E-state index >= 15 is 0 Å². The molecule has 0 aromatic heterocycles. The van der Waals surface area contributed by atoms with Crippen LogP contribution in [0.3, 0.4) is 0 Å². The van der Waals surface area contributed by atoms with Crippen LogP contribution in [0.5, 0.6) is 0 Å². The van der Waals surface area contributed by atoms with Crippen LogP contribution in [0.25, 0.3) is 0 Å². The summed E-state index contributed by atoms with van der Waals surface area (Å²) in [7, 11) is 0. The second kappa shape index (κ2) is 11.5. The summed E-state index contributed by atoms with van der Waals surface area (Å²) < 4.78 is 5.69. The topological polar surface area (TPSA) is 87.9 Å². The molecule has 2 atom stereocenters. The van der Waals surface area contributed by atoms with Crippen LogP contribution >= 0.6 is 24.8 Å². The molecule has 2 amide bonds. The van der Waals surface area contributed by atoms with E-state index in [1.54, 1.807) is 0 Å². The molecule has 1 aromatic carbocycles. The van der Waals surface area contributed by atoms with Gasteiger partial charge in [-0.1, -0.05) is 18.2 Å². The van der Waals surface area contributed by atoms with Crippen molar-refractivity contribution >= 4 is 42.3 Å². The highest BCUT2D eigenvalue weighted by Gasteiger charge is 2.34. The van der Waals surface area contributed by atoms with Gasteiger partial charge in [-0.25, -0.2) is 0 Å². The van der Waals surface area contributed by atoms with Crippen molar-refractivity contribution in [1.29, 1.82) is 0 Å². The van der Waals surface area contributed by atoms with Crippen LogP contribution in [-0.4, -0.2) is 73.1 Å². The van der Waals surface area contributed by atoms with E-state index in [9.17, 15) is 9.59 Å². The lowest BCUT2D eigenvalue weighted by atomic mass is 10.1. The van der Waals surface area contributed by atoms with Crippen molar-refractivity contribution in [2.45, 2.75) is 25.0 Å². The van der Waals surface area contributed by atoms with Crippen molar-refractivity contribution in [3.63, 3.8) is 0 Å². The summed E-state index contributed by atoms with van der Waals surface area (Å²) in [5.74, 6) is 0.0280. The summed E-state index contributed by atoms with van der Waals surface area (Å²) in [6.45, 7) is 3.46. The van der Waals surface area contributed by atoms with E-state index in [-0.39, 0.29) is 48.8 Å². The zero-order valence-electron chi connectivity index (χ0n) is 15.2. The average molecular weight is 419 g/mol.